The van der Waals surface area contributed by atoms with Crippen molar-refractivity contribution in [3.8, 4) is 0 Å². The van der Waals surface area contributed by atoms with Gasteiger partial charge in [-0.25, -0.2) is 0 Å². The lowest BCUT2D eigenvalue weighted by molar-refractivity contribution is 0.617. The van der Waals surface area contributed by atoms with Crippen LogP contribution in [0.4, 0.5) is 0 Å². The first-order valence-corrected chi connectivity index (χ1v) is 8.00. The lowest BCUT2D eigenvalue weighted by atomic mass is 10.1. The fourth-order valence-electron chi connectivity index (χ4n) is 1.78. The lowest BCUT2D eigenvalue weighted by Gasteiger charge is -2.15. The number of aromatic nitrogens is 1. The zero-order valence-corrected chi connectivity index (χ0v) is 13.2. The Morgan fingerprint density at radius 3 is 2.47 bits per heavy atom. The molecule has 1 aromatic carbocycles. The van der Waals surface area contributed by atoms with Gasteiger partial charge in [-0.05, 0) is 55.4 Å². The molecule has 1 atom stereocenters. The van der Waals surface area contributed by atoms with E-state index < -0.39 is 0 Å². The van der Waals surface area contributed by atoms with Crippen molar-refractivity contribution in [2.24, 2.45) is 0 Å². The molecule has 0 saturated heterocycles. The largest absolute Gasteiger partial charge is 0.316 e. The van der Waals surface area contributed by atoms with Crippen LogP contribution in [0.15, 0.2) is 58.2 Å². The minimum absolute atomic E-state index is 0.469. The lowest BCUT2D eigenvalue weighted by Crippen LogP contribution is -2.30. The molecular formula is C15H17BrN2S. The first-order valence-electron chi connectivity index (χ1n) is 6.22. The highest BCUT2D eigenvalue weighted by molar-refractivity contribution is 9.10. The number of halogens is 1. The zero-order valence-electron chi connectivity index (χ0n) is 10.8. The SMILES string of the molecule is CNC(CSc1ccc(Br)cc1)Cc1ccncc1. The Hall–Kier alpha value is -0.840. The number of hydrogen-bond donors (Lipinski definition) is 1. The Morgan fingerprint density at radius 2 is 1.84 bits per heavy atom. The molecule has 2 aromatic rings. The molecule has 100 valence electrons. The number of nitrogens with one attached hydrogen (secondary N) is 1. The molecule has 0 aliphatic rings. The average molecular weight is 337 g/mol. The van der Waals surface area contributed by atoms with Crippen LogP contribution in [0.2, 0.25) is 0 Å². The summed E-state index contributed by atoms with van der Waals surface area (Å²) in [6.45, 7) is 0. The topological polar surface area (TPSA) is 24.9 Å². The van der Waals surface area contributed by atoms with E-state index in [0.29, 0.717) is 6.04 Å². The van der Waals surface area contributed by atoms with Crippen molar-refractivity contribution in [1.82, 2.24) is 10.3 Å². The van der Waals surface area contributed by atoms with E-state index in [1.807, 2.05) is 31.2 Å². The molecule has 0 aliphatic heterocycles. The van der Waals surface area contributed by atoms with E-state index in [1.165, 1.54) is 10.5 Å². The summed E-state index contributed by atoms with van der Waals surface area (Å²) >= 11 is 5.34. The van der Waals surface area contributed by atoms with Crippen LogP contribution in [0, 0.1) is 0 Å². The number of thioether (sulfide) groups is 1. The summed E-state index contributed by atoms with van der Waals surface area (Å²) in [6, 6.07) is 13.1. The van der Waals surface area contributed by atoms with Gasteiger partial charge in [0.1, 0.15) is 0 Å². The highest BCUT2D eigenvalue weighted by Gasteiger charge is 2.08. The summed E-state index contributed by atoms with van der Waals surface area (Å²) in [5.74, 6) is 1.06. The standard InChI is InChI=1S/C15H17BrN2S/c1-17-14(10-12-6-8-18-9-7-12)11-19-15-4-2-13(16)3-5-15/h2-9,14,17H,10-11H2,1H3. The predicted molar refractivity (Wildman–Crippen MR) is 85.7 cm³/mol. The predicted octanol–water partition coefficient (Wildman–Crippen LogP) is 3.77. The summed E-state index contributed by atoms with van der Waals surface area (Å²) in [7, 11) is 2.02. The molecule has 2 rings (SSSR count). The van der Waals surface area contributed by atoms with Gasteiger partial charge in [0.05, 0.1) is 0 Å². The van der Waals surface area contributed by atoms with Gasteiger partial charge >= 0.3 is 0 Å². The maximum atomic E-state index is 4.05. The highest BCUT2D eigenvalue weighted by Crippen LogP contribution is 2.22. The van der Waals surface area contributed by atoms with E-state index in [9.17, 15) is 0 Å². The van der Waals surface area contributed by atoms with Crippen LogP contribution >= 0.6 is 27.7 Å². The Labute approximate surface area is 127 Å². The van der Waals surface area contributed by atoms with E-state index in [2.05, 4.69) is 62.6 Å². The fraction of sp³-hybridized carbons (Fsp3) is 0.267. The molecule has 1 N–H and O–H groups in total. The number of rotatable bonds is 6. The van der Waals surface area contributed by atoms with E-state index in [0.717, 1.165) is 16.6 Å². The highest BCUT2D eigenvalue weighted by atomic mass is 79.9. The van der Waals surface area contributed by atoms with Gasteiger partial charge in [0.25, 0.3) is 0 Å². The van der Waals surface area contributed by atoms with Gasteiger partial charge in [-0.2, -0.15) is 0 Å². The van der Waals surface area contributed by atoms with Gasteiger partial charge in [-0.15, -0.1) is 11.8 Å². The first kappa shape index (κ1) is 14.6. The van der Waals surface area contributed by atoms with E-state index >= 15 is 0 Å². The Balaban J connectivity index is 1.87. The van der Waals surface area contributed by atoms with Gasteiger partial charge < -0.3 is 5.32 Å². The van der Waals surface area contributed by atoms with Crippen LogP contribution in [-0.2, 0) is 6.42 Å². The molecule has 0 fully saturated rings. The minimum atomic E-state index is 0.469. The Morgan fingerprint density at radius 1 is 1.16 bits per heavy atom. The Bertz CT molecular complexity index is 487. The van der Waals surface area contributed by atoms with Crippen LogP contribution < -0.4 is 5.32 Å². The number of benzene rings is 1. The molecule has 1 aromatic heterocycles. The zero-order chi connectivity index (χ0) is 13.5. The molecule has 0 amide bonds. The quantitative estimate of drug-likeness (QED) is 0.813. The Kier molecular flexibility index (Phi) is 5.89. The smallest absolute Gasteiger partial charge is 0.0270 e. The maximum Gasteiger partial charge on any atom is 0.0270 e. The van der Waals surface area contributed by atoms with Crippen molar-refractivity contribution in [3.05, 3.63) is 58.8 Å². The number of pyridine rings is 1. The van der Waals surface area contributed by atoms with Gasteiger partial charge in [-0.1, -0.05) is 15.9 Å². The number of likely N-dealkylation sites (N-methyl/N-ethyl adjacent to an activating group) is 1. The van der Waals surface area contributed by atoms with Crippen molar-refractivity contribution in [2.75, 3.05) is 12.8 Å². The molecule has 0 spiro atoms. The molecule has 0 aliphatic carbocycles. The molecule has 1 heterocycles. The van der Waals surface area contributed by atoms with Crippen molar-refractivity contribution in [3.63, 3.8) is 0 Å². The molecule has 0 bridgehead atoms. The van der Waals surface area contributed by atoms with E-state index in [1.54, 1.807) is 0 Å². The monoisotopic (exact) mass is 336 g/mol. The molecule has 1 unspecified atom stereocenters. The van der Waals surface area contributed by atoms with Crippen molar-refractivity contribution in [2.45, 2.75) is 17.4 Å². The second-order valence-electron chi connectivity index (χ2n) is 4.31. The van der Waals surface area contributed by atoms with Gasteiger partial charge in [0, 0.05) is 33.6 Å². The van der Waals surface area contributed by atoms with Crippen LogP contribution in [0.1, 0.15) is 5.56 Å². The average Bonchev–Trinajstić information content (AvgIpc) is 2.46. The molecule has 4 heteroatoms. The molecular weight excluding hydrogens is 320 g/mol. The second-order valence-corrected chi connectivity index (χ2v) is 6.32. The molecule has 0 radical (unpaired) electrons. The van der Waals surface area contributed by atoms with Gasteiger partial charge in [0.2, 0.25) is 0 Å². The van der Waals surface area contributed by atoms with Crippen molar-refractivity contribution >= 4 is 27.7 Å². The van der Waals surface area contributed by atoms with Crippen LogP contribution in [0.3, 0.4) is 0 Å². The van der Waals surface area contributed by atoms with E-state index in [4.69, 9.17) is 0 Å². The minimum Gasteiger partial charge on any atom is -0.316 e. The molecule has 2 nitrogen and oxygen atoms in total. The number of nitrogens with zero attached hydrogens (tertiary/aromatic N) is 1. The maximum absolute atomic E-state index is 4.05. The second kappa shape index (κ2) is 7.68. The summed E-state index contributed by atoms with van der Waals surface area (Å²) in [5.41, 5.74) is 1.32. The first-order chi connectivity index (χ1) is 9.28. The summed E-state index contributed by atoms with van der Waals surface area (Å²) in [4.78, 5) is 5.35. The third kappa shape index (κ3) is 4.97. The normalized spacial score (nSPS) is 12.3. The third-order valence-electron chi connectivity index (χ3n) is 2.90. The summed E-state index contributed by atoms with van der Waals surface area (Å²) in [6.07, 6.45) is 4.73. The van der Waals surface area contributed by atoms with Gasteiger partial charge in [0.15, 0.2) is 0 Å². The van der Waals surface area contributed by atoms with Crippen molar-refractivity contribution in [1.29, 1.82) is 0 Å². The number of hydrogen-bond acceptors (Lipinski definition) is 3. The van der Waals surface area contributed by atoms with Crippen LogP contribution in [0.25, 0.3) is 0 Å². The summed E-state index contributed by atoms with van der Waals surface area (Å²) in [5, 5.41) is 3.38. The molecule has 0 saturated carbocycles. The fourth-order valence-corrected chi connectivity index (χ4v) is 3.05. The van der Waals surface area contributed by atoms with Crippen LogP contribution in [0.5, 0.6) is 0 Å². The molecule has 19 heavy (non-hydrogen) atoms. The van der Waals surface area contributed by atoms with E-state index in [-0.39, 0.29) is 0 Å². The third-order valence-corrected chi connectivity index (χ3v) is 4.61. The summed E-state index contributed by atoms with van der Waals surface area (Å²) < 4.78 is 1.12. The van der Waals surface area contributed by atoms with Crippen LogP contribution in [-0.4, -0.2) is 23.8 Å². The van der Waals surface area contributed by atoms with Crippen molar-refractivity contribution < 1.29 is 0 Å². The van der Waals surface area contributed by atoms with Gasteiger partial charge in [-0.3, -0.25) is 4.98 Å².